The third-order valence-electron chi connectivity index (χ3n) is 9.32. The number of rotatable bonds is 4. The summed E-state index contributed by atoms with van der Waals surface area (Å²) in [7, 11) is 1.53. The van der Waals surface area contributed by atoms with E-state index < -0.39 is 69.2 Å². The highest BCUT2D eigenvalue weighted by Crippen LogP contribution is 2.77. The van der Waals surface area contributed by atoms with Gasteiger partial charge < -0.3 is 24.4 Å². The van der Waals surface area contributed by atoms with Crippen LogP contribution in [0.4, 0.5) is 0 Å². The van der Waals surface area contributed by atoms with Crippen molar-refractivity contribution in [2.75, 3.05) is 13.7 Å². The summed E-state index contributed by atoms with van der Waals surface area (Å²) in [5.74, 6) is -3.74. The van der Waals surface area contributed by atoms with Crippen molar-refractivity contribution in [3.05, 3.63) is 23.3 Å². The van der Waals surface area contributed by atoms with Crippen molar-refractivity contribution in [1.82, 2.24) is 0 Å². The van der Waals surface area contributed by atoms with Gasteiger partial charge in [0.2, 0.25) is 0 Å². The average Bonchev–Trinajstić information content (AvgIpc) is 3.17. The molecule has 0 saturated heterocycles. The second-order valence-electron chi connectivity index (χ2n) is 12.9. The minimum atomic E-state index is -1.89. The molecule has 0 amide bonds. The van der Waals surface area contributed by atoms with Crippen LogP contribution in [0.2, 0.25) is 0 Å². The molecule has 8 atom stereocenters. The van der Waals surface area contributed by atoms with Gasteiger partial charge in [0.25, 0.3) is 0 Å². The smallest absolute Gasteiger partial charge is 0.311 e. The number of methoxy groups -OCH3 is 1. The number of ether oxygens (including phenoxy) is 3. The highest BCUT2D eigenvalue weighted by atomic mass is 16.6. The summed E-state index contributed by atoms with van der Waals surface area (Å²) >= 11 is 0. The molecule has 4 aliphatic carbocycles. The second kappa shape index (κ2) is 7.98. The molecule has 200 valence electrons. The third-order valence-corrected chi connectivity index (χ3v) is 9.32. The summed E-state index contributed by atoms with van der Waals surface area (Å²) in [5.41, 5.74) is -4.80. The maximum absolute atomic E-state index is 13.3. The number of fused-ring (bicyclic) bond motifs is 5. The molecule has 0 aromatic rings. The summed E-state index contributed by atoms with van der Waals surface area (Å²) in [6.45, 7) is 13.9. The molecular formula is C28H40O8. The maximum atomic E-state index is 13.3. The second-order valence-corrected chi connectivity index (χ2v) is 12.9. The molecule has 2 saturated carbocycles. The van der Waals surface area contributed by atoms with E-state index in [4.69, 9.17) is 14.2 Å². The lowest BCUT2D eigenvalue weighted by atomic mass is 9.59. The Balaban J connectivity index is 1.88. The minimum Gasteiger partial charge on any atom is -0.461 e. The first kappa shape index (κ1) is 27.0. The van der Waals surface area contributed by atoms with Gasteiger partial charge in [-0.15, -0.1) is 0 Å². The standard InChI is InChI=1S/C28H40O8/c1-14-10-19-26(32,21(14)30)12-17(13-35-23(31)24(4,5)6)11-18-20-25(7,8)28(20,36-16(3)29)22(34-9)15(2)27(18,19)33/h10-11,15,18-20,22,32-33H,12-13H2,1-9H3/t15-,18+,19-,20+,22-,26-,27-,28?/m1/s1. The van der Waals surface area contributed by atoms with Gasteiger partial charge in [0.1, 0.15) is 23.9 Å². The van der Waals surface area contributed by atoms with Crippen LogP contribution < -0.4 is 0 Å². The molecule has 0 heterocycles. The Morgan fingerprint density at radius 1 is 1.17 bits per heavy atom. The molecule has 0 radical (unpaired) electrons. The van der Waals surface area contributed by atoms with E-state index in [1.165, 1.54) is 14.0 Å². The van der Waals surface area contributed by atoms with Crippen LogP contribution in [0.5, 0.6) is 0 Å². The highest BCUT2D eigenvalue weighted by molar-refractivity contribution is 6.04. The highest BCUT2D eigenvalue weighted by Gasteiger charge is 2.87. The largest absolute Gasteiger partial charge is 0.461 e. The van der Waals surface area contributed by atoms with E-state index in [1.54, 1.807) is 33.8 Å². The van der Waals surface area contributed by atoms with Gasteiger partial charge in [-0.05, 0) is 38.8 Å². The normalized spacial score (nSPS) is 42.8. The van der Waals surface area contributed by atoms with E-state index in [0.29, 0.717) is 11.1 Å². The molecule has 36 heavy (non-hydrogen) atoms. The summed E-state index contributed by atoms with van der Waals surface area (Å²) in [5, 5.41) is 24.5. The first-order valence-corrected chi connectivity index (χ1v) is 12.7. The Hall–Kier alpha value is -2.03. The first-order valence-electron chi connectivity index (χ1n) is 12.7. The number of carbonyl (C=O) groups excluding carboxylic acids is 3. The van der Waals surface area contributed by atoms with E-state index in [1.807, 2.05) is 26.8 Å². The van der Waals surface area contributed by atoms with Crippen LogP contribution in [-0.4, -0.2) is 64.6 Å². The minimum absolute atomic E-state index is 0.0708. The van der Waals surface area contributed by atoms with Crippen LogP contribution in [0.1, 0.15) is 61.8 Å². The van der Waals surface area contributed by atoms with Crippen LogP contribution in [0, 0.1) is 34.5 Å². The fourth-order valence-electron chi connectivity index (χ4n) is 7.62. The quantitative estimate of drug-likeness (QED) is 0.443. The Bertz CT molecular complexity index is 1060. The van der Waals surface area contributed by atoms with Crippen molar-refractivity contribution in [1.29, 1.82) is 0 Å². The van der Waals surface area contributed by atoms with E-state index in [0.717, 1.165) is 0 Å². The fourth-order valence-corrected chi connectivity index (χ4v) is 7.62. The number of hydrogen-bond donors (Lipinski definition) is 2. The van der Waals surface area contributed by atoms with Crippen molar-refractivity contribution >= 4 is 17.7 Å². The van der Waals surface area contributed by atoms with E-state index in [-0.39, 0.29) is 18.9 Å². The van der Waals surface area contributed by atoms with Crippen LogP contribution >= 0.6 is 0 Å². The molecule has 0 spiro atoms. The number of hydrogen-bond acceptors (Lipinski definition) is 8. The van der Waals surface area contributed by atoms with Crippen molar-refractivity contribution in [2.45, 2.75) is 84.7 Å². The zero-order valence-corrected chi connectivity index (χ0v) is 22.8. The zero-order valence-electron chi connectivity index (χ0n) is 22.8. The van der Waals surface area contributed by atoms with Crippen molar-refractivity contribution < 1.29 is 38.8 Å². The Morgan fingerprint density at radius 3 is 2.31 bits per heavy atom. The van der Waals surface area contributed by atoms with Crippen LogP contribution in [-0.2, 0) is 28.6 Å². The van der Waals surface area contributed by atoms with Gasteiger partial charge >= 0.3 is 11.9 Å². The molecule has 2 fully saturated rings. The van der Waals surface area contributed by atoms with Crippen LogP contribution in [0.3, 0.4) is 0 Å². The molecule has 0 aromatic heterocycles. The predicted octanol–water partition coefficient (Wildman–Crippen LogP) is 2.75. The molecule has 1 unspecified atom stereocenters. The number of Topliss-reactive ketones (excluding diaryl/α,β-unsaturated/α-hetero) is 1. The number of carbonyl (C=O) groups is 3. The van der Waals surface area contributed by atoms with Crippen LogP contribution in [0.15, 0.2) is 23.3 Å². The molecule has 8 heteroatoms. The molecule has 4 rings (SSSR count). The monoisotopic (exact) mass is 504 g/mol. The van der Waals surface area contributed by atoms with E-state index in [2.05, 4.69) is 0 Å². The van der Waals surface area contributed by atoms with Gasteiger partial charge in [-0.3, -0.25) is 14.4 Å². The molecule has 0 bridgehead atoms. The molecular weight excluding hydrogens is 464 g/mol. The average molecular weight is 505 g/mol. The van der Waals surface area contributed by atoms with Gasteiger partial charge in [0.15, 0.2) is 5.78 Å². The molecule has 8 nitrogen and oxygen atoms in total. The summed E-state index contributed by atoms with van der Waals surface area (Å²) < 4.78 is 17.5. The topological polar surface area (TPSA) is 119 Å². The maximum Gasteiger partial charge on any atom is 0.311 e. The lowest BCUT2D eigenvalue weighted by molar-refractivity contribution is -0.224. The van der Waals surface area contributed by atoms with Gasteiger partial charge in [0.05, 0.1) is 11.0 Å². The van der Waals surface area contributed by atoms with Gasteiger partial charge in [-0.2, -0.15) is 0 Å². The lowest BCUT2D eigenvalue weighted by Gasteiger charge is -2.53. The summed E-state index contributed by atoms with van der Waals surface area (Å²) in [6.07, 6.45) is 2.79. The molecule has 2 N–H and O–H groups in total. The van der Waals surface area contributed by atoms with E-state index >= 15 is 0 Å². The van der Waals surface area contributed by atoms with E-state index in [9.17, 15) is 24.6 Å². The number of ketones is 1. The number of esters is 2. The molecule has 0 aliphatic heterocycles. The van der Waals surface area contributed by atoms with Gasteiger partial charge in [-0.25, -0.2) is 0 Å². The number of aliphatic hydroxyl groups is 2. The molecule has 4 aliphatic rings. The van der Waals surface area contributed by atoms with Crippen molar-refractivity contribution in [3.8, 4) is 0 Å². The molecule has 0 aromatic carbocycles. The predicted molar refractivity (Wildman–Crippen MR) is 130 cm³/mol. The third kappa shape index (κ3) is 3.33. The van der Waals surface area contributed by atoms with Crippen molar-refractivity contribution in [3.63, 3.8) is 0 Å². The first-order chi connectivity index (χ1) is 16.4. The summed E-state index contributed by atoms with van der Waals surface area (Å²) in [4.78, 5) is 38.1. The Labute approximate surface area is 213 Å². The summed E-state index contributed by atoms with van der Waals surface area (Å²) in [6, 6.07) is 0. The lowest BCUT2D eigenvalue weighted by Crippen LogP contribution is -2.65. The zero-order chi connectivity index (χ0) is 27.2. The van der Waals surface area contributed by atoms with Gasteiger partial charge in [-0.1, -0.05) is 32.9 Å². The van der Waals surface area contributed by atoms with Crippen molar-refractivity contribution in [2.24, 2.45) is 34.5 Å². The van der Waals surface area contributed by atoms with Crippen LogP contribution in [0.25, 0.3) is 0 Å². The Kier molecular flexibility index (Phi) is 5.99. The Morgan fingerprint density at radius 2 is 1.78 bits per heavy atom. The SMILES string of the molecule is CO[C@@H]1[C@@H](C)[C@@]2(O)[C@@H](C=C(COC(=O)C(C)(C)C)C[C@]3(O)C(=O)C(C)=C[C@@H]23)[C@H]2C(C)(C)C12OC(C)=O. The van der Waals surface area contributed by atoms with Gasteiger partial charge in [0, 0.05) is 49.5 Å². The fraction of sp³-hybridized carbons (Fsp3) is 0.750.